The van der Waals surface area contributed by atoms with E-state index in [2.05, 4.69) is 28.2 Å². The van der Waals surface area contributed by atoms with E-state index in [4.69, 9.17) is 0 Å². The first kappa shape index (κ1) is 11.6. The molecule has 0 spiro atoms. The Bertz CT molecular complexity index is 344. The van der Waals surface area contributed by atoms with Crippen molar-refractivity contribution in [2.75, 3.05) is 5.32 Å². The lowest BCUT2D eigenvalue weighted by molar-refractivity contribution is 0.662. The van der Waals surface area contributed by atoms with Crippen molar-refractivity contribution >= 4 is 16.7 Å². The number of hydrogen-bond acceptors (Lipinski definition) is 4. The van der Waals surface area contributed by atoms with Gasteiger partial charge in [-0.05, 0) is 39.0 Å². The van der Waals surface area contributed by atoms with Gasteiger partial charge in [-0.3, -0.25) is 0 Å². The summed E-state index contributed by atoms with van der Waals surface area (Å²) in [5.41, 5.74) is 0. The van der Waals surface area contributed by atoms with Gasteiger partial charge in [0.2, 0.25) is 5.13 Å². The normalized spacial score (nSPS) is 17.1. The van der Waals surface area contributed by atoms with E-state index in [-0.39, 0.29) is 0 Å². The highest BCUT2D eigenvalue weighted by atomic mass is 32.1. The fourth-order valence-electron chi connectivity index (χ4n) is 1.65. The largest absolute Gasteiger partial charge is 0.358 e. The Morgan fingerprint density at radius 3 is 3.12 bits per heavy atom. The Balaban J connectivity index is 1.76. The molecule has 2 rings (SSSR count). The van der Waals surface area contributed by atoms with Crippen LogP contribution in [0.5, 0.6) is 0 Å². The Morgan fingerprint density at radius 2 is 2.44 bits per heavy atom. The molecule has 1 aromatic heterocycles. The molecular weight excluding hydrogens is 218 g/mol. The maximum absolute atomic E-state index is 4.52. The zero-order valence-corrected chi connectivity index (χ0v) is 10.6. The van der Waals surface area contributed by atoms with E-state index in [0.717, 1.165) is 23.8 Å². The van der Waals surface area contributed by atoms with E-state index < -0.39 is 0 Å². The molecule has 1 aliphatic carbocycles. The summed E-state index contributed by atoms with van der Waals surface area (Å²) in [7, 11) is 0. The summed E-state index contributed by atoms with van der Waals surface area (Å²) in [4.78, 5) is 4.52. The van der Waals surface area contributed by atoms with Gasteiger partial charge < -0.3 is 5.32 Å². The summed E-state index contributed by atoms with van der Waals surface area (Å²) in [6.07, 6.45) is 7.95. The highest BCUT2D eigenvalue weighted by Gasteiger charge is 2.27. The topological polar surface area (TPSA) is 37.8 Å². The van der Waals surface area contributed by atoms with Crippen LogP contribution in [0.1, 0.15) is 50.8 Å². The Morgan fingerprint density at radius 1 is 1.62 bits per heavy atom. The van der Waals surface area contributed by atoms with Crippen LogP contribution < -0.4 is 5.32 Å². The van der Waals surface area contributed by atoms with Crippen LogP contribution in [-0.2, 0) is 0 Å². The van der Waals surface area contributed by atoms with Crippen LogP contribution in [0.25, 0.3) is 0 Å². The standard InChI is InChI=1S/C12H19N3S/c1-3-4-5-6-9(2)13-12-14-11(15-16-12)10-7-8-10/h3,9-10H,1,4-8H2,2H3,(H,13,14,15). The molecule has 0 radical (unpaired) electrons. The van der Waals surface area contributed by atoms with Crippen LogP contribution in [-0.4, -0.2) is 15.4 Å². The van der Waals surface area contributed by atoms with Crippen molar-refractivity contribution in [1.29, 1.82) is 0 Å². The lowest BCUT2D eigenvalue weighted by Crippen LogP contribution is -2.14. The van der Waals surface area contributed by atoms with Gasteiger partial charge in [-0.1, -0.05) is 6.08 Å². The number of aromatic nitrogens is 2. The fourth-order valence-corrected chi connectivity index (χ4v) is 2.41. The summed E-state index contributed by atoms with van der Waals surface area (Å²) in [6.45, 7) is 5.93. The van der Waals surface area contributed by atoms with Crippen molar-refractivity contribution < 1.29 is 0 Å². The molecule has 1 atom stereocenters. The van der Waals surface area contributed by atoms with Crippen LogP contribution in [0.3, 0.4) is 0 Å². The van der Waals surface area contributed by atoms with Gasteiger partial charge in [-0.25, -0.2) is 4.98 Å². The first-order valence-corrected chi connectivity index (χ1v) is 6.78. The van der Waals surface area contributed by atoms with Gasteiger partial charge in [0.25, 0.3) is 0 Å². The monoisotopic (exact) mass is 237 g/mol. The van der Waals surface area contributed by atoms with Gasteiger partial charge in [0.15, 0.2) is 0 Å². The van der Waals surface area contributed by atoms with Gasteiger partial charge in [0.1, 0.15) is 5.82 Å². The quantitative estimate of drug-likeness (QED) is 0.582. The molecule has 0 aliphatic heterocycles. The minimum Gasteiger partial charge on any atom is -0.358 e. The minimum atomic E-state index is 0.472. The third-order valence-corrected chi connectivity index (χ3v) is 3.46. The third-order valence-electron chi connectivity index (χ3n) is 2.80. The lowest BCUT2D eigenvalue weighted by atomic mass is 10.1. The lowest BCUT2D eigenvalue weighted by Gasteiger charge is -2.11. The molecule has 4 heteroatoms. The van der Waals surface area contributed by atoms with E-state index in [1.165, 1.54) is 30.8 Å². The number of hydrogen-bond donors (Lipinski definition) is 1. The van der Waals surface area contributed by atoms with E-state index in [9.17, 15) is 0 Å². The average Bonchev–Trinajstić information content (AvgIpc) is 3.01. The summed E-state index contributed by atoms with van der Waals surface area (Å²) in [5, 5.41) is 4.39. The fraction of sp³-hybridized carbons (Fsp3) is 0.667. The molecule has 3 nitrogen and oxygen atoms in total. The predicted octanol–water partition coefficient (Wildman–Crippen LogP) is 3.57. The summed E-state index contributed by atoms with van der Waals surface area (Å²) in [6, 6.07) is 0.472. The molecule has 1 heterocycles. The molecule has 1 fully saturated rings. The van der Waals surface area contributed by atoms with Crippen molar-refractivity contribution in [2.24, 2.45) is 0 Å². The van der Waals surface area contributed by atoms with Gasteiger partial charge >= 0.3 is 0 Å². The molecule has 0 amide bonds. The first-order valence-electron chi connectivity index (χ1n) is 6.00. The Kier molecular flexibility index (Phi) is 3.93. The van der Waals surface area contributed by atoms with Gasteiger partial charge in [0, 0.05) is 23.5 Å². The molecule has 1 N–H and O–H groups in total. The smallest absolute Gasteiger partial charge is 0.202 e. The van der Waals surface area contributed by atoms with Crippen LogP contribution >= 0.6 is 11.5 Å². The molecule has 1 aliphatic rings. The second kappa shape index (κ2) is 5.43. The van der Waals surface area contributed by atoms with Crippen molar-refractivity contribution in [1.82, 2.24) is 9.36 Å². The second-order valence-electron chi connectivity index (χ2n) is 4.50. The van der Waals surface area contributed by atoms with E-state index >= 15 is 0 Å². The van der Waals surface area contributed by atoms with Crippen molar-refractivity contribution in [2.45, 2.75) is 51.0 Å². The highest BCUT2D eigenvalue weighted by molar-refractivity contribution is 7.09. The Hall–Kier alpha value is -0.900. The number of nitrogens with zero attached hydrogens (tertiary/aromatic N) is 2. The summed E-state index contributed by atoms with van der Waals surface area (Å²) >= 11 is 1.49. The second-order valence-corrected chi connectivity index (χ2v) is 5.25. The molecule has 0 bridgehead atoms. The van der Waals surface area contributed by atoms with Crippen molar-refractivity contribution in [3.8, 4) is 0 Å². The molecule has 0 aromatic carbocycles. The van der Waals surface area contributed by atoms with Gasteiger partial charge in [-0.2, -0.15) is 4.37 Å². The zero-order chi connectivity index (χ0) is 11.4. The van der Waals surface area contributed by atoms with E-state index in [0.29, 0.717) is 12.0 Å². The first-order chi connectivity index (χ1) is 7.79. The highest BCUT2D eigenvalue weighted by Crippen LogP contribution is 2.39. The molecule has 0 saturated heterocycles. The van der Waals surface area contributed by atoms with Crippen molar-refractivity contribution in [3.63, 3.8) is 0 Å². The van der Waals surface area contributed by atoms with Crippen LogP contribution in [0, 0.1) is 0 Å². The number of unbranched alkanes of at least 4 members (excludes halogenated alkanes) is 1. The molecule has 88 valence electrons. The summed E-state index contributed by atoms with van der Waals surface area (Å²) in [5.74, 6) is 1.70. The number of nitrogens with one attached hydrogen (secondary N) is 1. The predicted molar refractivity (Wildman–Crippen MR) is 69.0 cm³/mol. The maximum atomic E-state index is 4.52. The molecule has 1 unspecified atom stereocenters. The van der Waals surface area contributed by atoms with Crippen LogP contribution in [0.4, 0.5) is 5.13 Å². The minimum absolute atomic E-state index is 0.472. The van der Waals surface area contributed by atoms with E-state index in [1.54, 1.807) is 0 Å². The number of anilines is 1. The summed E-state index contributed by atoms with van der Waals surface area (Å²) < 4.78 is 4.38. The van der Waals surface area contributed by atoms with Crippen LogP contribution in [0.2, 0.25) is 0 Å². The zero-order valence-electron chi connectivity index (χ0n) is 9.78. The average molecular weight is 237 g/mol. The molecule has 1 saturated carbocycles. The molecule has 1 aromatic rings. The SMILES string of the molecule is C=CCCCC(C)Nc1nc(C2CC2)ns1. The Labute approximate surface area is 101 Å². The third kappa shape index (κ3) is 3.30. The molecule has 16 heavy (non-hydrogen) atoms. The van der Waals surface area contributed by atoms with Gasteiger partial charge in [0.05, 0.1) is 0 Å². The van der Waals surface area contributed by atoms with E-state index in [1.807, 2.05) is 6.08 Å². The van der Waals surface area contributed by atoms with Gasteiger partial charge in [-0.15, -0.1) is 6.58 Å². The number of allylic oxidation sites excluding steroid dienone is 1. The van der Waals surface area contributed by atoms with Crippen LogP contribution in [0.15, 0.2) is 12.7 Å². The molecular formula is C12H19N3S. The maximum Gasteiger partial charge on any atom is 0.202 e. The number of rotatable bonds is 7. The van der Waals surface area contributed by atoms with Crippen molar-refractivity contribution in [3.05, 3.63) is 18.5 Å².